The fraction of sp³-hybridized carbons (Fsp3) is 0.400. The molecule has 18 heavy (non-hydrogen) atoms. The Bertz CT molecular complexity index is 404. The topological polar surface area (TPSA) is 26.3 Å². The predicted molar refractivity (Wildman–Crippen MR) is 74.8 cm³/mol. The Balaban J connectivity index is 2.45. The Labute approximate surface area is 114 Å². The number of ether oxygens (including phenoxy) is 1. The number of alkyl halides is 1. The Morgan fingerprint density at radius 1 is 1.33 bits per heavy atom. The van der Waals surface area contributed by atoms with Crippen LogP contribution in [0.25, 0.3) is 0 Å². The Morgan fingerprint density at radius 2 is 1.94 bits per heavy atom. The van der Waals surface area contributed by atoms with Gasteiger partial charge in [0.25, 0.3) is 0 Å². The third-order valence-corrected chi connectivity index (χ3v) is 2.46. The van der Waals surface area contributed by atoms with Gasteiger partial charge in [0.1, 0.15) is 11.0 Å². The van der Waals surface area contributed by atoms with E-state index in [2.05, 4.69) is 0 Å². The Hall–Kier alpha value is -1.28. The van der Waals surface area contributed by atoms with Crippen molar-refractivity contribution in [2.24, 2.45) is 0 Å². The zero-order valence-corrected chi connectivity index (χ0v) is 11.8. The quantitative estimate of drug-likeness (QED) is 0.471. The highest BCUT2D eigenvalue weighted by Crippen LogP contribution is 2.12. The van der Waals surface area contributed by atoms with Crippen LogP contribution < -0.4 is 0 Å². The standard InChI is InChI=1S/C15H19ClO2/c1-15(2,3)18-14(17)13(16)11-7-10-12-8-5-4-6-9-12/h4-9,11,13H,10H2,1-3H3/b11-7+/t13-/m0/s1. The van der Waals surface area contributed by atoms with E-state index in [0.717, 1.165) is 6.42 Å². The molecule has 1 atom stereocenters. The van der Waals surface area contributed by atoms with Crippen molar-refractivity contribution < 1.29 is 9.53 Å². The average molecular weight is 267 g/mol. The summed E-state index contributed by atoms with van der Waals surface area (Å²) in [5, 5.41) is -0.729. The zero-order chi connectivity index (χ0) is 13.6. The lowest BCUT2D eigenvalue weighted by Crippen LogP contribution is -2.28. The van der Waals surface area contributed by atoms with Crippen LogP contribution in [-0.2, 0) is 16.0 Å². The van der Waals surface area contributed by atoms with Gasteiger partial charge >= 0.3 is 5.97 Å². The van der Waals surface area contributed by atoms with Gasteiger partial charge in [-0.1, -0.05) is 42.5 Å². The van der Waals surface area contributed by atoms with Crippen molar-refractivity contribution in [2.45, 2.75) is 38.2 Å². The fourth-order valence-corrected chi connectivity index (χ4v) is 1.52. The lowest BCUT2D eigenvalue weighted by Gasteiger charge is -2.20. The molecular weight excluding hydrogens is 248 g/mol. The molecular formula is C15H19ClO2. The SMILES string of the molecule is CC(C)(C)OC(=O)[C@@H](Cl)/C=C/Cc1ccccc1. The molecule has 1 aromatic carbocycles. The maximum absolute atomic E-state index is 11.6. The highest BCUT2D eigenvalue weighted by Gasteiger charge is 2.21. The lowest BCUT2D eigenvalue weighted by atomic mass is 10.1. The summed E-state index contributed by atoms with van der Waals surface area (Å²) in [6.07, 6.45) is 4.31. The number of hydrogen-bond acceptors (Lipinski definition) is 2. The summed E-state index contributed by atoms with van der Waals surface area (Å²) in [4.78, 5) is 11.6. The van der Waals surface area contributed by atoms with E-state index >= 15 is 0 Å². The first-order valence-corrected chi connectivity index (χ1v) is 6.39. The van der Waals surface area contributed by atoms with E-state index in [-0.39, 0.29) is 0 Å². The molecule has 2 nitrogen and oxygen atoms in total. The molecule has 0 radical (unpaired) electrons. The van der Waals surface area contributed by atoms with Crippen LogP contribution in [0, 0.1) is 0 Å². The van der Waals surface area contributed by atoms with Gasteiger partial charge < -0.3 is 4.74 Å². The number of esters is 1. The molecule has 1 aromatic rings. The van der Waals surface area contributed by atoms with Crippen LogP contribution in [0.5, 0.6) is 0 Å². The average Bonchev–Trinajstić information content (AvgIpc) is 2.28. The van der Waals surface area contributed by atoms with Crippen LogP contribution >= 0.6 is 11.6 Å². The van der Waals surface area contributed by atoms with Crippen molar-refractivity contribution in [3.63, 3.8) is 0 Å². The third kappa shape index (κ3) is 5.87. The van der Waals surface area contributed by atoms with Gasteiger partial charge in [-0.25, -0.2) is 0 Å². The highest BCUT2D eigenvalue weighted by molar-refractivity contribution is 6.31. The largest absolute Gasteiger partial charge is 0.459 e. The molecule has 0 aliphatic rings. The van der Waals surface area contributed by atoms with Crippen molar-refractivity contribution in [1.82, 2.24) is 0 Å². The van der Waals surface area contributed by atoms with Crippen LogP contribution in [0.2, 0.25) is 0 Å². The van der Waals surface area contributed by atoms with Gasteiger partial charge in [0.15, 0.2) is 0 Å². The minimum absolute atomic E-state index is 0.409. The maximum Gasteiger partial charge on any atom is 0.328 e. The number of carbonyl (C=O) groups excluding carboxylic acids is 1. The number of allylic oxidation sites excluding steroid dienone is 1. The summed E-state index contributed by atoms with van der Waals surface area (Å²) in [6.45, 7) is 5.46. The summed E-state index contributed by atoms with van der Waals surface area (Å²) in [6, 6.07) is 9.99. The lowest BCUT2D eigenvalue weighted by molar-refractivity contribution is -0.153. The zero-order valence-electron chi connectivity index (χ0n) is 11.0. The first-order valence-electron chi connectivity index (χ1n) is 5.96. The maximum atomic E-state index is 11.6. The van der Waals surface area contributed by atoms with E-state index in [9.17, 15) is 4.79 Å². The van der Waals surface area contributed by atoms with E-state index in [4.69, 9.17) is 16.3 Å². The molecule has 98 valence electrons. The molecule has 0 saturated heterocycles. The van der Waals surface area contributed by atoms with Gasteiger partial charge in [0, 0.05) is 0 Å². The van der Waals surface area contributed by atoms with Crippen LogP contribution in [-0.4, -0.2) is 16.9 Å². The molecule has 0 fully saturated rings. The monoisotopic (exact) mass is 266 g/mol. The van der Waals surface area contributed by atoms with Gasteiger partial charge in [-0.3, -0.25) is 4.79 Å². The first kappa shape index (κ1) is 14.8. The van der Waals surface area contributed by atoms with Gasteiger partial charge in [0.05, 0.1) is 0 Å². The second-order valence-corrected chi connectivity index (χ2v) is 5.52. The number of hydrogen-bond donors (Lipinski definition) is 0. The number of halogens is 1. The van der Waals surface area contributed by atoms with E-state index in [1.165, 1.54) is 5.56 Å². The molecule has 0 aromatic heterocycles. The van der Waals surface area contributed by atoms with Crippen molar-refractivity contribution in [2.75, 3.05) is 0 Å². The summed E-state index contributed by atoms with van der Waals surface area (Å²) >= 11 is 5.94. The molecule has 0 unspecified atom stereocenters. The molecule has 0 spiro atoms. The van der Waals surface area contributed by atoms with Gasteiger partial charge in [0.2, 0.25) is 0 Å². The minimum atomic E-state index is -0.729. The molecule has 0 heterocycles. The molecule has 0 aliphatic heterocycles. The van der Waals surface area contributed by atoms with Crippen molar-refractivity contribution in [3.05, 3.63) is 48.0 Å². The number of benzene rings is 1. The summed E-state index contributed by atoms with van der Waals surface area (Å²) in [5.74, 6) is -0.409. The highest BCUT2D eigenvalue weighted by atomic mass is 35.5. The molecule has 1 rings (SSSR count). The van der Waals surface area contributed by atoms with E-state index in [0.29, 0.717) is 0 Å². The summed E-state index contributed by atoms with van der Waals surface area (Å²) in [7, 11) is 0. The number of rotatable bonds is 4. The molecule has 0 aliphatic carbocycles. The molecule has 3 heteroatoms. The van der Waals surface area contributed by atoms with Crippen LogP contribution in [0.4, 0.5) is 0 Å². The predicted octanol–water partition coefficient (Wildman–Crippen LogP) is 3.73. The van der Waals surface area contributed by atoms with Gasteiger partial charge in [-0.05, 0) is 32.8 Å². The van der Waals surface area contributed by atoms with Crippen LogP contribution in [0.1, 0.15) is 26.3 Å². The van der Waals surface area contributed by atoms with Crippen molar-refractivity contribution in [3.8, 4) is 0 Å². The Morgan fingerprint density at radius 3 is 2.50 bits per heavy atom. The van der Waals surface area contributed by atoms with Crippen LogP contribution in [0.15, 0.2) is 42.5 Å². The van der Waals surface area contributed by atoms with E-state index in [1.807, 2.05) is 57.2 Å². The van der Waals surface area contributed by atoms with E-state index < -0.39 is 16.9 Å². The van der Waals surface area contributed by atoms with Crippen molar-refractivity contribution >= 4 is 17.6 Å². The smallest absolute Gasteiger partial charge is 0.328 e. The second-order valence-electron chi connectivity index (χ2n) is 5.05. The van der Waals surface area contributed by atoms with Gasteiger partial charge in [-0.15, -0.1) is 11.6 Å². The molecule has 0 saturated carbocycles. The molecule has 0 bridgehead atoms. The second kappa shape index (κ2) is 6.60. The minimum Gasteiger partial charge on any atom is -0.459 e. The third-order valence-electron chi connectivity index (χ3n) is 2.13. The first-order chi connectivity index (χ1) is 8.38. The summed E-state index contributed by atoms with van der Waals surface area (Å²) in [5.41, 5.74) is 0.680. The molecule has 0 N–H and O–H groups in total. The van der Waals surface area contributed by atoms with Gasteiger partial charge in [-0.2, -0.15) is 0 Å². The fourth-order valence-electron chi connectivity index (χ4n) is 1.37. The number of carbonyl (C=O) groups is 1. The van der Waals surface area contributed by atoms with Crippen molar-refractivity contribution in [1.29, 1.82) is 0 Å². The molecule has 0 amide bonds. The normalized spacial score (nSPS) is 13.6. The van der Waals surface area contributed by atoms with Crippen LogP contribution in [0.3, 0.4) is 0 Å². The van der Waals surface area contributed by atoms with E-state index in [1.54, 1.807) is 6.08 Å². The summed E-state index contributed by atoms with van der Waals surface area (Å²) < 4.78 is 5.18. The Kier molecular flexibility index (Phi) is 5.42.